The molecule has 0 bridgehead atoms. The molecule has 0 heterocycles. The molecule has 0 aliphatic heterocycles. The number of likely N-dealkylation sites (N-methyl/N-ethyl adjacent to an activating group) is 1. The Kier molecular flexibility index (Phi) is 13.5. The minimum atomic E-state index is -0.0751. The van der Waals surface area contributed by atoms with Gasteiger partial charge in [-0.3, -0.25) is 11.0 Å². The number of rotatable bonds is 3. The topological polar surface area (TPSA) is 3.24 Å². The molecule has 1 unspecified atom stereocenters. The fourth-order valence-electron chi connectivity index (χ4n) is 2.16. The maximum absolute atomic E-state index is 3.44. The second-order valence-corrected chi connectivity index (χ2v) is 4.53. The van der Waals surface area contributed by atoms with E-state index < -0.39 is 0 Å². The largest absolute Gasteiger partial charge is 0.299 e. The van der Waals surface area contributed by atoms with E-state index in [1.165, 1.54) is 11.1 Å². The molecule has 0 saturated heterocycles. The van der Waals surface area contributed by atoms with Crippen LogP contribution >= 0.6 is 37.2 Å². The Morgan fingerprint density at radius 3 is 2.00 bits per heavy atom. The first-order valence-electron chi connectivity index (χ1n) is 5.66. The summed E-state index contributed by atoms with van der Waals surface area (Å²) in [5.74, 6) is 0. The smallest absolute Gasteiger partial charge is 0.0348 e. The number of nitrogens with zero attached hydrogens (tertiary/aromatic N) is 1. The van der Waals surface area contributed by atoms with Crippen molar-refractivity contribution in [2.45, 2.75) is 18.9 Å². The Hall–Kier alpha value is 0.114. The van der Waals surface area contributed by atoms with E-state index in [9.17, 15) is 0 Å². The Labute approximate surface area is 153 Å². The van der Waals surface area contributed by atoms with Gasteiger partial charge in [0.15, 0.2) is 0 Å². The second kappa shape index (κ2) is 10.8. The molecule has 20 heavy (non-hydrogen) atoms. The van der Waals surface area contributed by atoms with Crippen molar-refractivity contribution in [3.8, 4) is 0 Å². The van der Waals surface area contributed by atoms with E-state index in [0.717, 1.165) is 6.42 Å². The molecule has 1 aromatic rings. The molecule has 0 fully saturated rings. The van der Waals surface area contributed by atoms with E-state index in [2.05, 4.69) is 74.5 Å². The molecule has 1 aromatic carbocycles. The van der Waals surface area contributed by atoms with Gasteiger partial charge in [-0.2, -0.15) is 11.6 Å². The third-order valence-electron chi connectivity index (χ3n) is 3.45. The Morgan fingerprint density at radius 1 is 1.05 bits per heavy atom. The van der Waals surface area contributed by atoms with Crippen LogP contribution in [0.2, 0.25) is 0 Å². The molecule has 1 nitrogen and oxygen atoms in total. The molecular weight excluding hydrogens is 351 g/mol. The summed E-state index contributed by atoms with van der Waals surface area (Å²) in [6, 6.07) is 10.6. The number of hydrogen-bond donors (Lipinski definition) is 0. The van der Waals surface area contributed by atoms with E-state index in [0.29, 0.717) is 0 Å². The first-order valence-corrected chi connectivity index (χ1v) is 5.66. The summed E-state index contributed by atoms with van der Waals surface area (Å²) in [5.41, 5.74) is 2.51. The third kappa shape index (κ3) is 4.84. The van der Waals surface area contributed by atoms with Crippen LogP contribution in [-0.2, 0) is 24.1 Å². The second-order valence-electron chi connectivity index (χ2n) is 4.53. The normalized spacial score (nSPS) is 14.9. The van der Waals surface area contributed by atoms with E-state index in [1.54, 1.807) is 0 Å². The van der Waals surface area contributed by atoms with Crippen molar-refractivity contribution in [1.82, 2.24) is 4.90 Å². The van der Waals surface area contributed by atoms with Crippen molar-refractivity contribution in [3.63, 3.8) is 0 Å². The summed E-state index contributed by atoms with van der Waals surface area (Å²) in [5, 5.41) is 0. The molecule has 0 spiro atoms. The van der Waals surface area contributed by atoms with Gasteiger partial charge in [0.25, 0.3) is 0 Å². The summed E-state index contributed by atoms with van der Waals surface area (Å²) < 4.78 is 0. The molecule has 1 atom stereocenters. The van der Waals surface area contributed by atoms with Crippen molar-refractivity contribution < 1.29 is 18.6 Å². The quantitative estimate of drug-likeness (QED) is 0.710. The van der Waals surface area contributed by atoms with Gasteiger partial charge in [0, 0.05) is 24.1 Å². The van der Waals surface area contributed by atoms with Crippen LogP contribution in [0.25, 0.3) is 0 Å². The number of allylic oxidation sites excluding steroid dienone is 2. The molecule has 2 rings (SSSR count). The van der Waals surface area contributed by atoms with Gasteiger partial charge in [0.2, 0.25) is 0 Å². The SMILES string of the molecule is CN(C)C(C)(C1=[C-]CC=C1)c1ccccc1.Cl.Cl.Cl.[V]. The van der Waals surface area contributed by atoms with Gasteiger partial charge in [-0.1, -0.05) is 30.3 Å². The van der Waals surface area contributed by atoms with Gasteiger partial charge >= 0.3 is 0 Å². The van der Waals surface area contributed by atoms with E-state index >= 15 is 0 Å². The van der Waals surface area contributed by atoms with Gasteiger partial charge < -0.3 is 0 Å². The Morgan fingerprint density at radius 2 is 1.60 bits per heavy atom. The van der Waals surface area contributed by atoms with Crippen LogP contribution in [0.4, 0.5) is 0 Å². The zero-order valence-corrected chi connectivity index (χ0v) is 15.7. The minimum Gasteiger partial charge on any atom is -0.299 e. The minimum absolute atomic E-state index is 0. The monoisotopic (exact) mass is 371 g/mol. The zero-order valence-electron chi connectivity index (χ0n) is 11.9. The molecule has 5 heteroatoms. The number of benzene rings is 1. The predicted molar refractivity (Wildman–Crippen MR) is 89.7 cm³/mol. The molecule has 1 aliphatic rings. The maximum atomic E-state index is 3.44. The van der Waals surface area contributed by atoms with Gasteiger partial charge in [-0.15, -0.1) is 43.6 Å². The molecule has 0 aromatic heterocycles. The average molecular weight is 373 g/mol. The molecular formula is C15H21Cl3NV-. The fourth-order valence-corrected chi connectivity index (χ4v) is 2.16. The van der Waals surface area contributed by atoms with Crippen molar-refractivity contribution in [2.24, 2.45) is 0 Å². The molecule has 113 valence electrons. The van der Waals surface area contributed by atoms with Crippen LogP contribution < -0.4 is 0 Å². The van der Waals surface area contributed by atoms with Crippen LogP contribution in [0.1, 0.15) is 18.9 Å². The van der Waals surface area contributed by atoms with Crippen LogP contribution in [0.15, 0.2) is 48.1 Å². The summed E-state index contributed by atoms with van der Waals surface area (Å²) in [6.07, 6.45) is 8.73. The van der Waals surface area contributed by atoms with E-state index in [4.69, 9.17) is 0 Å². The average Bonchev–Trinajstić information content (AvgIpc) is 2.82. The summed E-state index contributed by atoms with van der Waals surface area (Å²) in [7, 11) is 4.24. The summed E-state index contributed by atoms with van der Waals surface area (Å²) in [6.45, 7) is 2.25. The van der Waals surface area contributed by atoms with Crippen LogP contribution in [0, 0.1) is 6.08 Å². The number of hydrogen-bond acceptors (Lipinski definition) is 1. The first kappa shape index (κ1) is 25.1. The summed E-state index contributed by atoms with van der Waals surface area (Å²) >= 11 is 0. The molecule has 0 saturated carbocycles. The molecule has 0 amide bonds. The van der Waals surface area contributed by atoms with Crippen LogP contribution in [-0.4, -0.2) is 19.0 Å². The summed E-state index contributed by atoms with van der Waals surface area (Å²) in [4.78, 5) is 2.25. The van der Waals surface area contributed by atoms with Gasteiger partial charge in [0.05, 0.1) is 0 Å². The van der Waals surface area contributed by atoms with Gasteiger partial charge in [-0.25, -0.2) is 6.08 Å². The van der Waals surface area contributed by atoms with Crippen LogP contribution in [0.3, 0.4) is 0 Å². The standard InChI is InChI=1S/C15H18N.3ClH.V/c1-15(16(2)3,14-11-7-8-12-14)13-9-5-4-6-10-13;;;;/h4-7,9-11H,8H2,1-3H3;3*1H;/q-1;;;;. The fraction of sp³-hybridized carbons (Fsp3) is 0.333. The zero-order chi connectivity index (χ0) is 11.6. The third-order valence-corrected chi connectivity index (χ3v) is 3.45. The van der Waals surface area contributed by atoms with Crippen molar-refractivity contribution in [2.75, 3.05) is 14.1 Å². The Balaban J connectivity index is -0.000000722. The molecule has 0 N–H and O–H groups in total. The van der Waals surface area contributed by atoms with Crippen LogP contribution in [0.5, 0.6) is 0 Å². The molecule has 1 radical (unpaired) electrons. The van der Waals surface area contributed by atoms with Crippen molar-refractivity contribution in [3.05, 3.63) is 59.7 Å². The maximum Gasteiger partial charge on any atom is 0.0348 e. The van der Waals surface area contributed by atoms with Gasteiger partial charge in [0.1, 0.15) is 0 Å². The van der Waals surface area contributed by atoms with Crippen molar-refractivity contribution in [1.29, 1.82) is 0 Å². The Bertz CT molecular complexity index is 432. The first-order chi connectivity index (χ1) is 7.65. The predicted octanol–water partition coefficient (Wildman–Crippen LogP) is 4.42. The van der Waals surface area contributed by atoms with E-state index in [1.807, 2.05) is 0 Å². The van der Waals surface area contributed by atoms with Crippen molar-refractivity contribution >= 4 is 37.2 Å². The number of halogens is 3. The van der Waals surface area contributed by atoms with E-state index in [-0.39, 0.29) is 61.3 Å². The van der Waals surface area contributed by atoms with Gasteiger partial charge in [-0.05, 0) is 26.6 Å². The molecule has 1 aliphatic carbocycles.